The van der Waals surface area contributed by atoms with Crippen LogP contribution in [0.4, 0.5) is 0 Å². The number of ether oxygens (including phenoxy) is 1. The van der Waals surface area contributed by atoms with Gasteiger partial charge in [-0.15, -0.1) is 0 Å². The van der Waals surface area contributed by atoms with E-state index in [9.17, 15) is 19.2 Å². The van der Waals surface area contributed by atoms with Crippen molar-refractivity contribution in [1.29, 1.82) is 0 Å². The third kappa shape index (κ3) is 4.21. The van der Waals surface area contributed by atoms with E-state index < -0.39 is 29.0 Å². The van der Waals surface area contributed by atoms with Crippen molar-refractivity contribution in [3.05, 3.63) is 46.8 Å². The van der Waals surface area contributed by atoms with Gasteiger partial charge in [0, 0.05) is 30.1 Å². The second-order valence-electron chi connectivity index (χ2n) is 8.77. The summed E-state index contributed by atoms with van der Waals surface area (Å²) in [5.41, 5.74) is -0.926. The highest BCUT2D eigenvalue weighted by Crippen LogP contribution is 2.44. The Labute approximate surface area is 183 Å². The molecular weight excluding hydrogens is 394 g/mol. The summed E-state index contributed by atoms with van der Waals surface area (Å²) in [6.07, 6.45) is 10.8. The predicted octanol–water partition coefficient (Wildman–Crippen LogP) is 3.88. The fourth-order valence-corrected chi connectivity index (χ4v) is 4.40. The standard InChI is InChI=1S/C25H31NO5/c1-5-6-11-22(28)31-21-14-17(15(2)3)12-13-20(21)25(26-16(4)27)23(29)18-9-7-8-10-19(18)24(25)30/h9-10,13-15,17H,5-8,11-12H2,1-4H3,(H,26,27). The zero-order valence-corrected chi connectivity index (χ0v) is 18.7. The van der Waals surface area contributed by atoms with Crippen LogP contribution in [0.1, 0.15) is 66.2 Å². The minimum atomic E-state index is -1.88. The Morgan fingerprint density at radius 1 is 1.13 bits per heavy atom. The van der Waals surface area contributed by atoms with Crippen molar-refractivity contribution in [2.24, 2.45) is 11.8 Å². The summed E-state index contributed by atoms with van der Waals surface area (Å²) in [6.45, 7) is 7.40. The summed E-state index contributed by atoms with van der Waals surface area (Å²) in [6, 6.07) is 0. The maximum Gasteiger partial charge on any atom is 0.311 e. The zero-order chi connectivity index (χ0) is 22.8. The minimum absolute atomic E-state index is 0.0967. The van der Waals surface area contributed by atoms with E-state index in [1.807, 2.05) is 13.0 Å². The Morgan fingerprint density at radius 3 is 2.26 bits per heavy atom. The maximum absolute atomic E-state index is 13.6. The van der Waals surface area contributed by atoms with Gasteiger partial charge in [0.1, 0.15) is 5.76 Å². The normalized spacial score (nSPS) is 22.3. The number of amides is 1. The molecule has 1 unspecified atom stereocenters. The summed E-state index contributed by atoms with van der Waals surface area (Å²) in [4.78, 5) is 51.8. The van der Waals surface area contributed by atoms with E-state index in [-0.39, 0.29) is 29.6 Å². The molecule has 0 aromatic heterocycles. The molecule has 1 saturated carbocycles. The molecule has 31 heavy (non-hydrogen) atoms. The molecule has 0 aliphatic heterocycles. The van der Waals surface area contributed by atoms with Crippen molar-refractivity contribution in [3.8, 4) is 0 Å². The average Bonchev–Trinajstić information content (AvgIpc) is 2.94. The Kier molecular flexibility index (Phi) is 6.77. The van der Waals surface area contributed by atoms with Crippen LogP contribution in [-0.4, -0.2) is 29.0 Å². The van der Waals surface area contributed by atoms with Crippen LogP contribution >= 0.6 is 0 Å². The van der Waals surface area contributed by atoms with Crippen molar-refractivity contribution in [1.82, 2.24) is 5.32 Å². The molecule has 166 valence electrons. The molecule has 6 heteroatoms. The number of rotatable bonds is 7. The lowest BCUT2D eigenvalue weighted by atomic mass is 9.77. The van der Waals surface area contributed by atoms with Crippen LogP contribution in [-0.2, 0) is 23.9 Å². The van der Waals surface area contributed by atoms with Gasteiger partial charge in [-0.05, 0) is 43.6 Å². The molecule has 1 fully saturated rings. The summed E-state index contributed by atoms with van der Waals surface area (Å²) in [5, 5.41) is 2.65. The smallest absolute Gasteiger partial charge is 0.311 e. The molecule has 1 amide bonds. The highest BCUT2D eigenvalue weighted by atomic mass is 16.5. The molecule has 0 aromatic rings. The fraction of sp³-hybridized carbons (Fsp3) is 0.520. The van der Waals surface area contributed by atoms with Crippen LogP contribution in [0.2, 0.25) is 0 Å². The monoisotopic (exact) mass is 425 g/mol. The molecule has 0 saturated heterocycles. The number of nitrogens with one attached hydrogen (secondary N) is 1. The van der Waals surface area contributed by atoms with Gasteiger partial charge in [-0.25, -0.2) is 0 Å². The first-order valence-corrected chi connectivity index (χ1v) is 11.1. The quantitative estimate of drug-likeness (QED) is 0.494. The Hall–Kier alpha value is -2.76. The molecule has 3 aliphatic carbocycles. The number of carbonyl (C=O) groups is 4. The van der Waals surface area contributed by atoms with Crippen molar-refractivity contribution in [3.63, 3.8) is 0 Å². The topological polar surface area (TPSA) is 89.5 Å². The Morgan fingerprint density at radius 2 is 1.74 bits per heavy atom. The van der Waals surface area contributed by atoms with E-state index in [0.29, 0.717) is 36.8 Å². The number of unbranched alkanes of at least 4 members (excludes halogenated alkanes) is 1. The second-order valence-corrected chi connectivity index (χ2v) is 8.77. The third-order valence-electron chi connectivity index (χ3n) is 6.13. The van der Waals surface area contributed by atoms with Crippen molar-refractivity contribution in [2.45, 2.75) is 71.8 Å². The lowest BCUT2D eigenvalue weighted by Gasteiger charge is -2.33. The van der Waals surface area contributed by atoms with Gasteiger partial charge in [0.15, 0.2) is 5.54 Å². The van der Waals surface area contributed by atoms with Gasteiger partial charge in [-0.3, -0.25) is 19.2 Å². The van der Waals surface area contributed by atoms with Gasteiger partial charge in [-0.2, -0.15) is 0 Å². The Balaban J connectivity index is 2.10. The van der Waals surface area contributed by atoms with Crippen LogP contribution < -0.4 is 5.32 Å². The van der Waals surface area contributed by atoms with E-state index >= 15 is 0 Å². The van der Waals surface area contributed by atoms with E-state index in [2.05, 4.69) is 19.2 Å². The third-order valence-corrected chi connectivity index (χ3v) is 6.13. The number of allylic oxidation sites excluding steroid dienone is 4. The van der Waals surface area contributed by atoms with E-state index in [1.54, 1.807) is 18.2 Å². The molecule has 0 radical (unpaired) electrons. The number of ketones is 2. The minimum Gasteiger partial charge on any atom is -0.426 e. The summed E-state index contributed by atoms with van der Waals surface area (Å²) >= 11 is 0. The summed E-state index contributed by atoms with van der Waals surface area (Å²) < 4.78 is 5.71. The van der Waals surface area contributed by atoms with Crippen LogP contribution in [0.3, 0.4) is 0 Å². The number of hydrogen-bond donors (Lipinski definition) is 1. The van der Waals surface area contributed by atoms with Gasteiger partial charge in [0.25, 0.3) is 0 Å². The SMILES string of the molecule is CCCCC(=O)OC1=CC(C(C)C)CC=C1C1(NC(C)=O)C(=O)C2=CCCC=C2C1=O. The molecule has 3 aliphatic rings. The molecule has 1 atom stereocenters. The fourth-order valence-electron chi connectivity index (χ4n) is 4.40. The first kappa shape index (κ1) is 22.9. The van der Waals surface area contributed by atoms with Crippen LogP contribution in [0, 0.1) is 11.8 Å². The molecule has 0 heterocycles. The molecule has 0 aromatic carbocycles. The first-order valence-electron chi connectivity index (χ1n) is 11.1. The number of hydrogen-bond acceptors (Lipinski definition) is 5. The maximum atomic E-state index is 13.6. The first-order chi connectivity index (χ1) is 14.7. The van der Waals surface area contributed by atoms with Crippen LogP contribution in [0.15, 0.2) is 46.8 Å². The number of carbonyl (C=O) groups excluding carboxylic acids is 4. The van der Waals surface area contributed by atoms with Gasteiger partial charge >= 0.3 is 5.97 Å². The van der Waals surface area contributed by atoms with Gasteiger partial charge in [0.2, 0.25) is 17.5 Å². The van der Waals surface area contributed by atoms with Gasteiger partial charge in [0.05, 0.1) is 0 Å². The average molecular weight is 426 g/mol. The number of fused-ring (bicyclic) bond motifs is 1. The lowest BCUT2D eigenvalue weighted by Crippen LogP contribution is -2.58. The summed E-state index contributed by atoms with van der Waals surface area (Å²) in [7, 11) is 0. The molecule has 0 bridgehead atoms. The van der Waals surface area contributed by atoms with Crippen molar-refractivity contribution < 1.29 is 23.9 Å². The Bertz CT molecular complexity index is 900. The van der Waals surface area contributed by atoms with Gasteiger partial charge < -0.3 is 10.1 Å². The number of esters is 1. The highest BCUT2D eigenvalue weighted by molar-refractivity contribution is 6.38. The second kappa shape index (κ2) is 9.16. The van der Waals surface area contributed by atoms with E-state index in [4.69, 9.17) is 4.74 Å². The predicted molar refractivity (Wildman–Crippen MR) is 117 cm³/mol. The molecule has 3 rings (SSSR count). The van der Waals surface area contributed by atoms with Crippen molar-refractivity contribution >= 4 is 23.4 Å². The molecule has 1 N–H and O–H groups in total. The van der Waals surface area contributed by atoms with Crippen LogP contribution in [0.25, 0.3) is 0 Å². The number of Topliss-reactive ketones (excluding diaryl/α,β-unsaturated/α-hetero) is 2. The van der Waals surface area contributed by atoms with Crippen molar-refractivity contribution in [2.75, 3.05) is 0 Å². The molecule has 0 spiro atoms. The van der Waals surface area contributed by atoms with Gasteiger partial charge in [-0.1, -0.05) is 45.4 Å². The van der Waals surface area contributed by atoms with E-state index in [0.717, 1.165) is 6.42 Å². The van der Waals surface area contributed by atoms with E-state index in [1.165, 1.54) is 6.92 Å². The zero-order valence-electron chi connectivity index (χ0n) is 18.7. The highest BCUT2D eigenvalue weighted by Gasteiger charge is 2.59. The lowest BCUT2D eigenvalue weighted by molar-refractivity contribution is -0.140. The molecule has 6 nitrogen and oxygen atoms in total. The largest absolute Gasteiger partial charge is 0.426 e. The molecular formula is C25H31NO5. The van der Waals surface area contributed by atoms with Crippen LogP contribution in [0.5, 0.6) is 0 Å². The summed E-state index contributed by atoms with van der Waals surface area (Å²) in [5.74, 6) is -1.23.